The highest BCUT2D eigenvalue weighted by Gasteiger charge is 2.34. The van der Waals surface area contributed by atoms with Crippen molar-refractivity contribution in [2.24, 2.45) is 0 Å². The number of unbranched alkanes of at least 4 members (excludes halogenated alkanes) is 12. The summed E-state index contributed by atoms with van der Waals surface area (Å²) < 4.78 is 0. The average molecular weight is 912 g/mol. The predicted molar refractivity (Wildman–Crippen MR) is 297 cm³/mol. The van der Waals surface area contributed by atoms with Crippen molar-refractivity contribution in [1.82, 2.24) is 0 Å². The summed E-state index contributed by atoms with van der Waals surface area (Å²) in [5, 5.41) is 12.4. The summed E-state index contributed by atoms with van der Waals surface area (Å²) in [6.07, 6.45) is 32.3. The number of hydrogen-bond donors (Lipinski definition) is 1. The van der Waals surface area contributed by atoms with Gasteiger partial charge in [0.2, 0.25) is 0 Å². The second kappa shape index (κ2) is 28.4. The highest BCUT2D eigenvalue weighted by Crippen LogP contribution is 2.43. The predicted octanol–water partition coefficient (Wildman–Crippen LogP) is 19.3. The van der Waals surface area contributed by atoms with Crippen LogP contribution in [0.5, 0.6) is 5.75 Å². The van der Waals surface area contributed by atoms with Crippen LogP contribution < -0.4 is 0 Å². The van der Waals surface area contributed by atoms with E-state index in [1.807, 2.05) is 0 Å². The Balaban J connectivity index is 1.95. The van der Waals surface area contributed by atoms with E-state index in [0.717, 1.165) is 44.9 Å². The second-order valence-corrected chi connectivity index (χ2v) is 23.0. The third kappa shape index (κ3) is 16.4. The fraction of sp³-hybridized carbons (Fsp3) is 0.636. The molecule has 0 saturated carbocycles. The second-order valence-electron chi connectivity index (χ2n) is 23.0. The molecule has 0 aromatic heterocycles. The molecule has 372 valence electrons. The number of phenols is 1. The number of benzene rings is 4. The monoisotopic (exact) mass is 911 g/mol. The molecule has 0 radical (unpaired) electrons. The first-order valence-corrected chi connectivity index (χ1v) is 28.4. The van der Waals surface area contributed by atoms with Gasteiger partial charge in [0.25, 0.3) is 0 Å². The quantitative estimate of drug-likeness (QED) is 0.0472. The summed E-state index contributed by atoms with van der Waals surface area (Å²) in [7, 11) is 0. The minimum atomic E-state index is -0.170. The van der Waals surface area contributed by atoms with E-state index in [1.165, 1.54) is 162 Å². The molecule has 0 saturated heterocycles. The van der Waals surface area contributed by atoms with Gasteiger partial charge in [-0.3, -0.25) is 0 Å². The minimum Gasteiger partial charge on any atom is -0.508 e. The van der Waals surface area contributed by atoms with Crippen molar-refractivity contribution < 1.29 is 5.11 Å². The van der Waals surface area contributed by atoms with Crippen molar-refractivity contribution >= 4 is 0 Å². The van der Waals surface area contributed by atoms with Crippen LogP contribution in [0.4, 0.5) is 0 Å². The van der Waals surface area contributed by atoms with Gasteiger partial charge in [0.15, 0.2) is 0 Å². The van der Waals surface area contributed by atoms with Crippen LogP contribution in [0.15, 0.2) is 66.7 Å². The lowest BCUT2D eigenvalue weighted by molar-refractivity contribution is 0.437. The fourth-order valence-corrected chi connectivity index (χ4v) is 11.7. The third-order valence-electron chi connectivity index (χ3n) is 15.6. The summed E-state index contributed by atoms with van der Waals surface area (Å²) in [6, 6.07) is 26.2. The zero-order valence-corrected chi connectivity index (χ0v) is 45.9. The molecule has 1 N–H and O–H groups in total. The maximum Gasteiger partial charge on any atom is 0.119 e. The molecule has 0 aliphatic heterocycles. The van der Waals surface area contributed by atoms with Crippen molar-refractivity contribution in [3.63, 3.8) is 0 Å². The summed E-state index contributed by atoms with van der Waals surface area (Å²) in [5.74, 6) is 0.474. The van der Waals surface area contributed by atoms with Crippen LogP contribution in [0.1, 0.15) is 265 Å². The summed E-state index contributed by atoms with van der Waals surface area (Å²) >= 11 is 0. The number of rotatable bonds is 33. The van der Waals surface area contributed by atoms with Gasteiger partial charge in [-0.2, -0.15) is 0 Å². The van der Waals surface area contributed by atoms with Gasteiger partial charge in [-0.25, -0.2) is 0 Å². The molecule has 0 unspecified atom stereocenters. The molecular weight excluding hydrogens is 809 g/mol. The van der Waals surface area contributed by atoms with Crippen LogP contribution in [0.3, 0.4) is 0 Å². The van der Waals surface area contributed by atoms with Crippen LogP contribution in [0.2, 0.25) is 0 Å². The molecule has 4 rings (SSSR count). The zero-order valence-electron chi connectivity index (χ0n) is 45.9. The maximum absolute atomic E-state index is 12.4. The maximum atomic E-state index is 12.4. The van der Waals surface area contributed by atoms with E-state index >= 15 is 0 Å². The van der Waals surface area contributed by atoms with Crippen LogP contribution in [-0.4, -0.2) is 5.11 Å². The van der Waals surface area contributed by atoms with Crippen LogP contribution >= 0.6 is 0 Å². The Labute approximate surface area is 415 Å². The van der Waals surface area contributed by atoms with E-state index in [-0.39, 0.29) is 16.2 Å². The Morgan fingerprint density at radius 1 is 0.299 bits per heavy atom. The van der Waals surface area contributed by atoms with E-state index in [2.05, 4.69) is 150 Å². The van der Waals surface area contributed by atoms with Crippen LogP contribution in [-0.2, 0) is 74.0 Å². The molecule has 0 spiro atoms. The Hall–Kier alpha value is -3.32. The first-order valence-electron chi connectivity index (χ1n) is 28.4. The van der Waals surface area contributed by atoms with Crippen molar-refractivity contribution in [3.8, 4) is 5.75 Å². The van der Waals surface area contributed by atoms with Gasteiger partial charge in [0, 0.05) is 0 Å². The van der Waals surface area contributed by atoms with Gasteiger partial charge in [-0.05, 0) is 185 Å². The molecular formula is C66H102O. The molecule has 1 nitrogen and oxygen atoms in total. The lowest BCUT2D eigenvalue weighted by atomic mass is 9.68. The zero-order chi connectivity index (χ0) is 48.9. The highest BCUT2D eigenvalue weighted by atomic mass is 16.3. The molecule has 4 aromatic rings. The highest BCUT2D eigenvalue weighted by molar-refractivity contribution is 5.52. The first-order chi connectivity index (χ1) is 32.2. The first kappa shape index (κ1) is 56.3. The number of hydrogen-bond acceptors (Lipinski definition) is 1. The van der Waals surface area contributed by atoms with E-state index in [0.29, 0.717) is 5.75 Å². The minimum absolute atomic E-state index is 0.0885. The molecule has 0 aliphatic carbocycles. The van der Waals surface area contributed by atoms with Crippen molar-refractivity contribution in [2.75, 3.05) is 0 Å². The van der Waals surface area contributed by atoms with E-state index < -0.39 is 0 Å². The fourth-order valence-electron chi connectivity index (χ4n) is 11.7. The Bertz CT molecular complexity index is 2040. The standard InChI is InChI=1S/C66H102O/c1-13-19-25-34-51-37-31-43-60(55(51)40-28-22-16-4)64(7,8)48-54-46-47-63(67)59(50-66(11,12)62-45-33-39-53(36-27-21-15-3)57(62)42-30-24-18-6)58(54)49-65(9,10)61-44-32-38-52(35-26-20-14-2)56(61)41-29-23-17-5/h31-33,37-39,43-47,67H,13-30,34-36,40-42,48-50H2,1-12H3. The topological polar surface area (TPSA) is 20.2 Å². The van der Waals surface area contributed by atoms with Crippen molar-refractivity contribution in [1.29, 1.82) is 0 Å². The van der Waals surface area contributed by atoms with Crippen LogP contribution in [0.25, 0.3) is 0 Å². The summed E-state index contributed by atoms with van der Waals surface area (Å²) in [5.41, 5.74) is 17.6. The SMILES string of the molecule is CCCCCc1cccc(C(C)(C)Cc2ccc(O)c(CC(C)(C)c3cccc(CCCCC)c3CCCCC)c2CC(C)(C)c2cccc(CCCCC)c2CCCCC)c1CCCCC. The van der Waals surface area contributed by atoms with Crippen LogP contribution in [0, 0.1) is 0 Å². The van der Waals surface area contributed by atoms with Gasteiger partial charge in [-0.15, -0.1) is 0 Å². The molecule has 0 amide bonds. The van der Waals surface area contributed by atoms with Gasteiger partial charge in [-0.1, -0.05) is 221 Å². The molecule has 0 atom stereocenters. The van der Waals surface area contributed by atoms with Crippen molar-refractivity contribution in [2.45, 2.75) is 273 Å². The van der Waals surface area contributed by atoms with Gasteiger partial charge in [0.05, 0.1) is 0 Å². The number of aromatic hydroxyl groups is 1. The summed E-state index contributed by atoms with van der Waals surface area (Å²) in [6.45, 7) is 29.0. The molecule has 0 heterocycles. The van der Waals surface area contributed by atoms with E-state index in [1.54, 1.807) is 33.4 Å². The number of phenolic OH excluding ortho intramolecular Hbond substituents is 1. The normalized spacial score (nSPS) is 12.4. The molecule has 0 aliphatic rings. The van der Waals surface area contributed by atoms with Gasteiger partial charge < -0.3 is 5.11 Å². The molecule has 67 heavy (non-hydrogen) atoms. The lowest BCUT2D eigenvalue weighted by Crippen LogP contribution is -2.29. The average Bonchev–Trinajstić information content (AvgIpc) is 3.29. The Morgan fingerprint density at radius 3 is 0.925 bits per heavy atom. The smallest absolute Gasteiger partial charge is 0.119 e. The molecule has 1 heteroatoms. The Morgan fingerprint density at radius 2 is 0.597 bits per heavy atom. The van der Waals surface area contributed by atoms with E-state index in [9.17, 15) is 5.11 Å². The van der Waals surface area contributed by atoms with Gasteiger partial charge >= 0.3 is 0 Å². The third-order valence-corrected chi connectivity index (χ3v) is 15.6. The van der Waals surface area contributed by atoms with Crippen molar-refractivity contribution in [3.05, 3.63) is 133 Å². The Kier molecular flexibility index (Phi) is 23.8. The lowest BCUT2D eigenvalue weighted by Gasteiger charge is -2.36. The van der Waals surface area contributed by atoms with E-state index in [4.69, 9.17) is 0 Å². The number of aryl methyl sites for hydroxylation is 3. The summed E-state index contributed by atoms with van der Waals surface area (Å²) in [4.78, 5) is 0. The van der Waals surface area contributed by atoms with Gasteiger partial charge in [0.1, 0.15) is 5.75 Å². The molecule has 0 fully saturated rings. The molecule has 4 aromatic carbocycles. The molecule has 0 bridgehead atoms. The largest absolute Gasteiger partial charge is 0.508 e.